The van der Waals surface area contributed by atoms with Crippen LogP contribution in [0.4, 0.5) is 5.69 Å². The van der Waals surface area contributed by atoms with Gasteiger partial charge < -0.3 is 10.2 Å². The number of anilines is 1. The highest BCUT2D eigenvalue weighted by Gasteiger charge is 2.26. The average molecular weight is 362 g/mol. The lowest BCUT2D eigenvalue weighted by Gasteiger charge is -2.25. The largest absolute Gasteiger partial charge is 0.360 e. The molecule has 0 unspecified atom stereocenters. The van der Waals surface area contributed by atoms with Crippen molar-refractivity contribution in [3.63, 3.8) is 0 Å². The summed E-state index contributed by atoms with van der Waals surface area (Å²) in [4.78, 5) is 1.75. The van der Waals surface area contributed by atoms with Crippen LogP contribution >= 0.6 is 11.5 Å². The van der Waals surface area contributed by atoms with E-state index < -0.39 is 10.0 Å². The van der Waals surface area contributed by atoms with Gasteiger partial charge in [-0.2, -0.15) is 12.8 Å². The normalized spacial score (nSPS) is 17.0. The van der Waals surface area contributed by atoms with Gasteiger partial charge in [-0.1, -0.05) is 12.1 Å². The third kappa shape index (κ3) is 2.60. The Kier molecular flexibility index (Phi) is 3.82. The molecule has 2 aromatic rings. The Labute approximate surface area is 144 Å². The van der Waals surface area contributed by atoms with Crippen LogP contribution in [-0.2, 0) is 23.0 Å². The minimum absolute atomic E-state index is 0.292. The third-order valence-electron chi connectivity index (χ3n) is 4.37. The fraction of sp³-hybridized carbons (Fsp3) is 0.312. The van der Waals surface area contributed by atoms with Crippen LogP contribution < -0.4 is 19.8 Å². The van der Waals surface area contributed by atoms with Crippen molar-refractivity contribution in [1.29, 1.82) is 0 Å². The molecule has 0 spiro atoms. The summed E-state index contributed by atoms with van der Waals surface area (Å²) in [5.74, 6) is 0. The van der Waals surface area contributed by atoms with E-state index >= 15 is 0 Å². The number of hydrogen-bond acceptors (Lipinski definition) is 6. The summed E-state index contributed by atoms with van der Waals surface area (Å²) in [5.41, 5.74) is 2.90. The molecule has 0 saturated carbocycles. The van der Waals surface area contributed by atoms with Crippen LogP contribution in [0, 0.1) is 0 Å². The molecular formula is C16H18N4O2S2. The molecule has 6 nitrogen and oxygen atoms in total. The second-order valence-corrected chi connectivity index (χ2v) is 8.40. The van der Waals surface area contributed by atoms with E-state index in [2.05, 4.69) is 14.4 Å². The van der Waals surface area contributed by atoms with Crippen LogP contribution in [0.15, 0.2) is 24.4 Å². The van der Waals surface area contributed by atoms with Crippen molar-refractivity contribution in [2.45, 2.75) is 13.0 Å². The van der Waals surface area contributed by atoms with Gasteiger partial charge in [-0.3, -0.25) is 4.72 Å². The highest BCUT2D eigenvalue weighted by atomic mass is 32.2. The average Bonchev–Trinajstić information content (AvgIpc) is 3.02. The predicted molar refractivity (Wildman–Crippen MR) is 96.3 cm³/mol. The Morgan fingerprint density at radius 1 is 1.38 bits per heavy atom. The van der Waals surface area contributed by atoms with Gasteiger partial charge in [0.2, 0.25) is 0 Å². The molecule has 2 aliphatic heterocycles. The molecule has 2 aliphatic rings. The topological polar surface area (TPSA) is 74.3 Å². The molecule has 1 aromatic carbocycles. The fourth-order valence-electron chi connectivity index (χ4n) is 3.24. The van der Waals surface area contributed by atoms with Crippen molar-refractivity contribution in [2.24, 2.45) is 0 Å². The van der Waals surface area contributed by atoms with E-state index in [9.17, 15) is 8.42 Å². The van der Waals surface area contributed by atoms with Crippen LogP contribution in [0.5, 0.6) is 0 Å². The lowest BCUT2D eigenvalue weighted by Crippen LogP contribution is -2.40. The highest BCUT2D eigenvalue weighted by molar-refractivity contribution is 8.01. The van der Waals surface area contributed by atoms with Gasteiger partial charge in [0.1, 0.15) is 0 Å². The molecule has 3 heterocycles. The second kappa shape index (κ2) is 5.87. The zero-order chi connectivity index (χ0) is 16.7. The first-order valence-electron chi connectivity index (χ1n) is 7.77. The monoisotopic (exact) mass is 362 g/mol. The van der Waals surface area contributed by atoms with Crippen molar-refractivity contribution in [1.82, 2.24) is 14.6 Å². The van der Waals surface area contributed by atoms with E-state index in [4.69, 9.17) is 0 Å². The minimum Gasteiger partial charge on any atom is -0.360 e. The minimum atomic E-state index is -3.68. The second-order valence-electron chi connectivity index (χ2n) is 5.97. The Bertz CT molecular complexity index is 1010. The number of hydrogen-bond donors (Lipinski definition) is 2. The van der Waals surface area contributed by atoms with Gasteiger partial charge in [0.15, 0.2) is 5.03 Å². The number of benzene rings is 1. The van der Waals surface area contributed by atoms with Crippen molar-refractivity contribution < 1.29 is 8.42 Å². The number of nitrogens with zero attached hydrogens (tertiary/aromatic N) is 2. The first-order valence-corrected chi connectivity index (χ1v) is 10.0. The van der Waals surface area contributed by atoms with Crippen LogP contribution in [-0.4, -0.2) is 37.8 Å². The van der Waals surface area contributed by atoms with Gasteiger partial charge in [0.05, 0.1) is 16.4 Å². The molecule has 24 heavy (non-hydrogen) atoms. The summed E-state index contributed by atoms with van der Waals surface area (Å²) in [7, 11) is -1.90. The molecule has 0 atom stereocenters. The van der Waals surface area contributed by atoms with Crippen molar-refractivity contribution >= 4 is 38.3 Å². The van der Waals surface area contributed by atoms with E-state index in [1.165, 1.54) is 11.5 Å². The lowest BCUT2D eigenvalue weighted by atomic mass is 9.99. The van der Waals surface area contributed by atoms with Gasteiger partial charge in [0, 0.05) is 25.4 Å². The third-order valence-corrected chi connectivity index (χ3v) is 6.69. The highest BCUT2D eigenvalue weighted by Crippen LogP contribution is 2.26. The van der Waals surface area contributed by atoms with Crippen molar-refractivity contribution in [3.05, 3.63) is 45.3 Å². The van der Waals surface area contributed by atoms with E-state index in [0.717, 1.165) is 35.2 Å². The molecule has 0 bridgehead atoms. The van der Waals surface area contributed by atoms with Crippen LogP contribution in [0.1, 0.15) is 11.1 Å². The SMILES string of the molecule is CN1CC=c2sncc2=C1S(=O)(=O)Nc1cccc2c1CCNC2. The Morgan fingerprint density at radius 3 is 3.12 bits per heavy atom. The number of sulfonamides is 1. The van der Waals surface area contributed by atoms with E-state index in [-0.39, 0.29) is 0 Å². The molecule has 2 N–H and O–H groups in total. The van der Waals surface area contributed by atoms with Gasteiger partial charge in [-0.05, 0) is 47.8 Å². The molecule has 0 saturated heterocycles. The maximum Gasteiger partial charge on any atom is 0.277 e. The van der Waals surface area contributed by atoms with Gasteiger partial charge in [-0.25, -0.2) is 0 Å². The maximum absolute atomic E-state index is 13.1. The molecule has 8 heteroatoms. The predicted octanol–water partition coefficient (Wildman–Crippen LogP) is 0.0223. The van der Waals surface area contributed by atoms with Crippen molar-refractivity contribution in [3.8, 4) is 0 Å². The lowest BCUT2D eigenvalue weighted by molar-refractivity contribution is 0.538. The summed E-state index contributed by atoms with van der Waals surface area (Å²) < 4.78 is 34.0. The molecule has 1 aromatic heterocycles. The number of rotatable bonds is 3. The summed E-state index contributed by atoms with van der Waals surface area (Å²) in [5, 5.41) is 4.28. The summed E-state index contributed by atoms with van der Waals surface area (Å²) in [6.07, 6.45) is 4.45. The zero-order valence-corrected chi connectivity index (χ0v) is 14.9. The maximum atomic E-state index is 13.1. The van der Waals surface area contributed by atoms with Crippen LogP contribution in [0.25, 0.3) is 11.1 Å². The van der Waals surface area contributed by atoms with Gasteiger partial charge in [-0.15, -0.1) is 0 Å². The molecular weight excluding hydrogens is 344 g/mol. The van der Waals surface area contributed by atoms with E-state index in [1.807, 2.05) is 24.3 Å². The number of fused-ring (bicyclic) bond motifs is 2. The molecule has 0 amide bonds. The summed E-state index contributed by atoms with van der Waals surface area (Å²) in [6, 6.07) is 5.77. The molecule has 0 fully saturated rings. The first kappa shape index (κ1) is 15.6. The molecule has 0 radical (unpaired) electrons. The fourth-order valence-corrected chi connectivity index (χ4v) is 5.48. The Hall–Kier alpha value is -1.90. The quantitative estimate of drug-likeness (QED) is 0.805. The molecule has 126 valence electrons. The molecule has 4 rings (SSSR count). The Morgan fingerprint density at radius 2 is 2.25 bits per heavy atom. The number of aromatic nitrogens is 1. The summed E-state index contributed by atoms with van der Waals surface area (Å²) in [6.45, 7) is 2.19. The van der Waals surface area contributed by atoms with Gasteiger partial charge in [0.25, 0.3) is 10.0 Å². The first-order chi connectivity index (χ1) is 11.6. The van der Waals surface area contributed by atoms with Crippen LogP contribution in [0.2, 0.25) is 0 Å². The van der Waals surface area contributed by atoms with Crippen molar-refractivity contribution in [2.75, 3.05) is 24.9 Å². The van der Waals surface area contributed by atoms with Gasteiger partial charge >= 0.3 is 0 Å². The Balaban J connectivity index is 1.81. The van der Waals surface area contributed by atoms with Crippen LogP contribution in [0.3, 0.4) is 0 Å². The van der Waals surface area contributed by atoms with E-state index in [1.54, 1.807) is 18.1 Å². The zero-order valence-electron chi connectivity index (χ0n) is 13.2. The molecule has 0 aliphatic carbocycles. The smallest absolute Gasteiger partial charge is 0.277 e. The summed E-state index contributed by atoms with van der Waals surface area (Å²) >= 11 is 1.32. The number of nitrogens with one attached hydrogen (secondary N) is 2. The standard InChI is InChI=1S/C16H18N4O2S2/c1-20-8-6-15-13(10-18-23-15)16(20)24(21,22)19-14-4-2-3-11-9-17-7-5-12(11)14/h2-4,6,10,17,19H,5,7-9H2,1H3. The van der Waals surface area contributed by atoms with E-state index in [0.29, 0.717) is 22.5 Å².